The van der Waals surface area contributed by atoms with Gasteiger partial charge in [-0.2, -0.15) is 0 Å². The number of carbonyl (C=O) groups excluding carboxylic acids is 1. The summed E-state index contributed by atoms with van der Waals surface area (Å²) >= 11 is 1.38. The number of aromatic nitrogens is 2. The van der Waals surface area contributed by atoms with Crippen molar-refractivity contribution in [1.29, 1.82) is 0 Å². The van der Waals surface area contributed by atoms with Crippen molar-refractivity contribution < 1.29 is 9.53 Å². The molecule has 0 spiro atoms. The zero-order valence-electron chi connectivity index (χ0n) is 13.1. The van der Waals surface area contributed by atoms with Gasteiger partial charge in [-0.25, -0.2) is 4.98 Å². The van der Waals surface area contributed by atoms with Gasteiger partial charge in [0.25, 0.3) is 5.91 Å². The smallest absolute Gasteiger partial charge is 0.263 e. The molecule has 6 heteroatoms. The SMILES string of the molecule is Cc1nc(COc2cccnc2)sc1C(=O)NCCC(C)C. The second-order valence-electron chi connectivity index (χ2n) is 5.44. The molecule has 1 amide bonds. The molecule has 0 aliphatic heterocycles. The van der Waals surface area contributed by atoms with Crippen LogP contribution in [0.3, 0.4) is 0 Å². The number of hydrogen-bond donors (Lipinski definition) is 1. The van der Waals surface area contributed by atoms with Gasteiger partial charge >= 0.3 is 0 Å². The van der Waals surface area contributed by atoms with E-state index in [1.54, 1.807) is 12.4 Å². The van der Waals surface area contributed by atoms with Gasteiger partial charge in [0.2, 0.25) is 0 Å². The summed E-state index contributed by atoms with van der Waals surface area (Å²) in [5.74, 6) is 1.22. The van der Waals surface area contributed by atoms with Gasteiger partial charge in [-0.1, -0.05) is 13.8 Å². The number of nitrogens with zero attached hydrogens (tertiary/aromatic N) is 2. The Balaban J connectivity index is 1.91. The molecule has 0 aliphatic carbocycles. The zero-order chi connectivity index (χ0) is 15.9. The Kier molecular flexibility index (Phi) is 5.89. The summed E-state index contributed by atoms with van der Waals surface area (Å²) in [4.78, 5) is 21.2. The summed E-state index contributed by atoms with van der Waals surface area (Å²) in [6.07, 6.45) is 4.32. The van der Waals surface area contributed by atoms with Crippen molar-refractivity contribution in [3.05, 3.63) is 40.1 Å². The number of ether oxygens (including phenoxy) is 1. The maximum atomic E-state index is 12.1. The van der Waals surface area contributed by atoms with E-state index < -0.39 is 0 Å². The van der Waals surface area contributed by atoms with Gasteiger partial charge in [0.1, 0.15) is 22.2 Å². The second kappa shape index (κ2) is 7.89. The largest absolute Gasteiger partial charge is 0.485 e. The molecule has 0 bridgehead atoms. The van der Waals surface area contributed by atoms with Gasteiger partial charge in [0.05, 0.1) is 11.9 Å². The third kappa shape index (κ3) is 4.80. The van der Waals surface area contributed by atoms with Crippen LogP contribution in [0.5, 0.6) is 5.75 Å². The number of nitrogens with one attached hydrogen (secondary N) is 1. The monoisotopic (exact) mass is 319 g/mol. The first-order valence-corrected chi connectivity index (χ1v) is 8.15. The summed E-state index contributed by atoms with van der Waals surface area (Å²) in [7, 11) is 0. The van der Waals surface area contributed by atoms with Crippen LogP contribution in [0.15, 0.2) is 24.5 Å². The third-order valence-electron chi connectivity index (χ3n) is 3.05. The highest BCUT2D eigenvalue weighted by Crippen LogP contribution is 2.20. The Morgan fingerprint density at radius 3 is 2.95 bits per heavy atom. The topological polar surface area (TPSA) is 64.1 Å². The van der Waals surface area contributed by atoms with Crippen molar-refractivity contribution in [1.82, 2.24) is 15.3 Å². The zero-order valence-corrected chi connectivity index (χ0v) is 13.9. The van der Waals surface area contributed by atoms with E-state index in [1.807, 2.05) is 19.1 Å². The van der Waals surface area contributed by atoms with Crippen LogP contribution >= 0.6 is 11.3 Å². The standard InChI is InChI=1S/C16H21N3O2S/c1-11(2)6-8-18-16(20)15-12(3)19-14(22-15)10-21-13-5-4-7-17-9-13/h4-5,7,9,11H,6,8,10H2,1-3H3,(H,18,20). The number of aryl methyl sites for hydroxylation is 1. The molecule has 2 heterocycles. The lowest BCUT2D eigenvalue weighted by atomic mass is 10.1. The highest BCUT2D eigenvalue weighted by atomic mass is 32.1. The third-order valence-corrected chi connectivity index (χ3v) is 4.18. The Hall–Kier alpha value is -1.95. The first-order chi connectivity index (χ1) is 10.6. The van der Waals surface area contributed by atoms with E-state index >= 15 is 0 Å². The van der Waals surface area contributed by atoms with E-state index in [2.05, 4.69) is 29.1 Å². The number of carbonyl (C=O) groups is 1. The Labute approximate surface area is 134 Å². The van der Waals surface area contributed by atoms with Crippen molar-refractivity contribution >= 4 is 17.2 Å². The van der Waals surface area contributed by atoms with Crippen molar-refractivity contribution in [3.63, 3.8) is 0 Å². The molecule has 0 atom stereocenters. The van der Waals surface area contributed by atoms with E-state index in [0.717, 1.165) is 17.1 Å². The predicted octanol–water partition coefficient (Wildman–Crippen LogP) is 3.20. The minimum Gasteiger partial charge on any atom is -0.485 e. The molecule has 0 saturated carbocycles. The van der Waals surface area contributed by atoms with Crippen LogP contribution in [0.25, 0.3) is 0 Å². The fourth-order valence-electron chi connectivity index (χ4n) is 1.86. The molecule has 0 fully saturated rings. The van der Waals surface area contributed by atoms with Crippen LogP contribution in [-0.4, -0.2) is 22.4 Å². The van der Waals surface area contributed by atoms with Gasteiger partial charge < -0.3 is 10.1 Å². The summed E-state index contributed by atoms with van der Waals surface area (Å²) < 4.78 is 5.61. The first-order valence-electron chi connectivity index (χ1n) is 7.33. The summed E-state index contributed by atoms with van der Waals surface area (Å²) in [5, 5.41) is 3.73. The fraction of sp³-hybridized carbons (Fsp3) is 0.438. The van der Waals surface area contributed by atoms with E-state index in [-0.39, 0.29) is 5.91 Å². The van der Waals surface area contributed by atoms with E-state index in [0.29, 0.717) is 29.7 Å². The lowest BCUT2D eigenvalue weighted by Gasteiger charge is -2.06. The van der Waals surface area contributed by atoms with E-state index in [1.165, 1.54) is 11.3 Å². The molecule has 0 unspecified atom stereocenters. The second-order valence-corrected chi connectivity index (χ2v) is 6.52. The van der Waals surface area contributed by atoms with Gasteiger partial charge in [0, 0.05) is 12.7 Å². The Morgan fingerprint density at radius 2 is 2.27 bits per heavy atom. The maximum absolute atomic E-state index is 12.1. The average molecular weight is 319 g/mol. The minimum atomic E-state index is -0.0525. The normalized spacial score (nSPS) is 10.7. The Bertz CT molecular complexity index is 611. The van der Waals surface area contributed by atoms with Crippen LogP contribution in [0, 0.1) is 12.8 Å². The van der Waals surface area contributed by atoms with Crippen LogP contribution in [0.1, 0.15) is 40.6 Å². The molecule has 0 saturated heterocycles. The van der Waals surface area contributed by atoms with Crippen molar-refractivity contribution in [2.45, 2.75) is 33.8 Å². The van der Waals surface area contributed by atoms with E-state index in [4.69, 9.17) is 4.74 Å². The molecule has 2 rings (SSSR count). The molecular formula is C16H21N3O2S. The summed E-state index contributed by atoms with van der Waals surface area (Å²) in [6.45, 7) is 7.16. The van der Waals surface area contributed by atoms with Gasteiger partial charge in [-0.05, 0) is 31.4 Å². The lowest BCUT2D eigenvalue weighted by Crippen LogP contribution is -2.25. The number of rotatable bonds is 7. The molecule has 0 aromatic carbocycles. The minimum absolute atomic E-state index is 0.0525. The highest BCUT2D eigenvalue weighted by Gasteiger charge is 2.15. The molecular weight excluding hydrogens is 298 g/mol. The molecule has 22 heavy (non-hydrogen) atoms. The molecule has 2 aromatic rings. The van der Waals surface area contributed by atoms with Crippen molar-refractivity contribution in [2.24, 2.45) is 5.92 Å². The highest BCUT2D eigenvalue weighted by molar-refractivity contribution is 7.13. The molecule has 5 nitrogen and oxygen atoms in total. The number of amides is 1. The van der Waals surface area contributed by atoms with Crippen LogP contribution in [-0.2, 0) is 6.61 Å². The number of hydrogen-bond acceptors (Lipinski definition) is 5. The lowest BCUT2D eigenvalue weighted by molar-refractivity contribution is 0.0955. The Morgan fingerprint density at radius 1 is 1.45 bits per heavy atom. The van der Waals surface area contributed by atoms with Crippen LogP contribution < -0.4 is 10.1 Å². The number of thiazole rings is 1. The van der Waals surface area contributed by atoms with Crippen LogP contribution in [0.2, 0.25) is 0 Å². The average Bonchev–Trinajstić information content (AvgIpc) is 2.87. The maximum Gasteiger partial charge on any atom is 0.263 e. The van der Waals surface area contributed by atoms with Gasteiger partial charge in [0.15, 0.2) is 0 Å². The molecule has 0 radical (unpaired) electrons. The molecule has 2 aromatic heterocycles. The van der Waals surface area contributed by atoms with Crippen molar-refractivity contribution in [3.8, 4) is 5.75 Å². The predicted molar refractivity (Wildman–Crippen MR) is 87.2 cm³/mol. The van der Waals surface area contributed by atoms with Crippen LogP contribution in [0.4, 0.5) is 0 Å². The molecule has 0 aliphatic rings. The molecule has 118 valence electrons. The quantitative estimate of drug-likeness (QED) is 0.851. The first kappa shape index (κ1) is 16.4. The fourth-order valence-corrected chi connectivity index (χ4v) is 2.75. The summed E-state index contributed by atoms with van der Waals surface area (Å²) in [6, 6.07) is 3.66. The number of pyridine rings is 1. The van der Waals surface area contributed by atoms with Crippen molar-refractivity contribution in [2.75, 3.05) is 6.54 Å². The van der Waals surface area contributed by atoms with E-state index in [9.17, 15) is 4.79 Å². The van der Waals surface area contributed by atoms with Gasteiger partial charge in [-0.15, -0.1) is 11.3 Å². The molecule has 1 N–H and O–H groups in total. The van der Waals surface area contributed by atoms with Gasteiger partial charge in [-0.3, -0.25) is 9.78 Å². The summed E-state index contributed by atoms with van der Waals surface area (Å²) in [5.41, 5.74) is 0.747.